The second kappa shape index (κ2) is 7.51. The summed E-state index contributed by atoms with van der Waals surface area (Å²) in [6.45, 7) is 7.55. The first-order valence-corrected chi connectivity index (χ1v) is 6.62. The van der Waals surface area contributed by atoms with Crippen LogP contribution in [-0.2, 0) is 4.79 Å². The van der Waals surface area contributed by atoms with Gasteiger partial charge in [-0.25, -0.2) is 0 Å². The molecule has 0 heterocycles. The lowest BCUT2D eigenvalue weighted by molar-refractivity contribution is -0.114. The molecule has 1 amide bonds. The highest BCUT2D eigenvalue weighted by molar-refractivity contribution is 5.92. The smallest absolute Gasteiger partial charge is 0.221 e. The van der Waals surface area contributed by atoms with Crippen LogP contribution >= 0.6 is 0 Å². The molecule has 0 aromatic heterocycles. The summed E-state index contributed by atoms with van der Waals surface area (Å²) in [6, 6.07) is 5.32. The molecular weight excluding hydrogens is 242 g/mol. The standard InChI is InChI=1S/C14H21N3O2/c1-4-8-17(9-5-2)12-6-7-13(16-19)14(10-12)15-11(3)18/h6-7,10H,4-5,8-9H2,1-3H3,(H,15,18). The molecule has 0 unspecified atom stereocenters. The van der Waals surface area contributed by atoms with E-state index in [1.807, 2.05) is 12.1 Å². The second-order valence-corrected chi connectivity index (χ2v) is 4.46. The topological polar surface area (TPSA) is 61.8 Å². The Bertz CT molecular complexity index is 440. The Balaban J connectivity index is 3.06. The monoisotopic (exact) mass is 263 g/mol. The van der Waals surface area contributed by atoms with E-state index < -0.39 is 0 Å². The molecule has 0 aliphatic rings. The number of nitroso groups, excluding NO2 is 1. The lowest BCUT2D eigenvalue weighted by Gasteiger charge is -2.24. The van der Waals surface area contributed by atoms with Gasteiger partial charge in [-0.1, -0.05) is 13.8 Å². The van der Waals surface area contributed by atoms with Crippen LogP contribution in [0, 0.1) is 4.91 Å². The minimum Gasteiger partial charge on any atom is -0.371 e. The molecule has 19 heavy (non-hydrogen) atoms. The summed E-state index contributed by atoms with van der Waals surface area (Å²) in [5.74, 6) is -0.209. The second-order valence-electron chi connectivity index (χ2n) is 4.46. The fraction of sp³-hybridized carbons (Fsp3) is 0.500. The number of amides is 1. The van der Waals surface area contributed by atoms with Gasteiger partial charge in [-0.15, -0.1) is 4.91 Å². The van der Waals surface area contributed by atoms with Crippen LogP contribution in [0.25, 0.3) is 0 Å². The SMILES string of the molecule is CCCN(CCC)c1ccc(N=O)c(NC(C)=O)c1. The van der Waals surface area contributed by atoms with Gasteiger partial charge in [0.05, 0.1) is 5.69 Å². The average molecular weight is 263 g/mol. The lowest BCUT2D eigenvalue weighted by atomic mass is 10.2. The van der Waals surface area contributed by atoms with E-state index in [-0.39, 0.29) is 11.6 Å². The Morgan fingerprint density at radius 2 is 1.89 bits per heavy atom. The van der Waals surface area contributed by atoms with E-state index in [2.05, 4.69) is 29.2 Å². The first-order chi connectivity index (χ1) is 9.12. The number of nitrogens with zero attached hydrogens (tertiary/aromatic N) is 2. The van der Waals surface area contributed by atoms with Crippen LogP contribution in [0.1, 0.15) is 33.6 Å². The summed E-state index contributed by atoms with van der Waals surface area (Å²) in [5.41, 5.74) is 1.73. The average Bonchev–Trinajstić information content (AvgIpc) is 2.38. The van der Waals surface area contributed by atoms with Crippen LogP contribution in [-0.4, -0.2) is 19.0 Å². The summed E-state index contributed by atoms with van der Waals surface area (Å²) in [7, 11) is 0. The van der Waals surface area contributed by atoms with Gasteiger partial charge in [0, 0.05) is 25.7 Å². The maximum atomic E-state index is 11.1. The summed E-state index contributed by atoms with van der Waals surface area (Å²) in [5, 5.41) is 5.58. The van der Waals surface area contributed by atoms with E-state index in [0.29, 0.717) is 5.69 Å². The molecule has 0 fully saturated rings. The molecule has 0 aliphatic carbocycles. The van der Waals surface area contributed by atoms with Gasteiger partial charge in [-0.2, -0.15) is 0 Å². The highest BCUT2D eigenvalue weighted by Gasteiger charge is 2.10. The van der Waals surface area contributed by atoms with E-state index in [4.69, 9.17) is 0 Å². The Hall–Kier alpha value is -1.91. The molecule has 0 aliphatic heterocycles. The normalized spacial score (nSPS) is 10.1. The van der Waals surface area contributed by atoms with Gasteiger partial charge < -0.3 is 10.2 Å². The molecule has 0 bridgehead atoms. The van der Waals surface area contributed by atoms with Crippen LogP contribution < -0.4 is 10.2 Å². The summed E-state index contributed by atoms with van der Waals surface area (Å²) in [4.78, 5) is 24.1. The van der Waals surface area contributed by atoms with E-state index >= 15 is 0 Å². The van der Waals surface area contributed by atoms with Crippen molar-refractivity contribution in [2.24, 2.45) is 5.18 Å². The molecule has 104 valence electrons. The molecule has 1 aromatic rings. The minimum absolute atomic E-state index is 0.209. The van der Waals surface area contributed by atoms with Crippen molar-refractivity contribution in [1.29, 1.82) is 0 Å². The van der Waals surface area contributed by atoms with Crippen LogP contribution in [0.4, 0.5) is 17.1 Å². The van der Waals surface area contributed by atoms with Crippen LogP contribution in [0.15, 0.2) is 23.4 Å². The molecule has 0 saturated heterocycles. The number of benzene rings is 1. The Morgan fingerprint density at radius 3 is 2.37 bits per heavy atom. The minimum atomic E-state index is -0.209. The van der Waals surface area contributed by atoms with Crippen LogP contribution in [0.2, 0.25) is 0 Å². The number of hydrogen-bond donors (Lipinski definition) is 1. The van der Waals surface area contributed by atoms with Gasteiger partial charge in [0.25, 0.3) is 0 Å². The third kappa shape index (κ3) is 4.35. The van der Waals surface area contributed by atoms with E-state index in [1.54, 1.807) is 6.07 Å². The zero-order valence-electron chi connectivity index (χ0n) is 11.8. The molecule has 1 N–H and O–H groups in total. The molecule has 5 nitrogen and oxygen atoms in total. The predicted octanol–water partition coefficient (Wildman–Crippen LogP) is 3.67. The van der Waals surface area contributed by atoms with Crippen LogP contribution in [0.3, 0.4) is 0 Å². The zero-order valence-corrected chi connectivity index (χ0v) is 11.8. The largest absolute Gasteiger partial charge is 0.371 e. The highest BCUT2D eigenvalue weighted by atomic mass is 16.3. The molecule has 1 aromatic carbocycles. The van der Waals surface area contributed by atoms with Crippen molar-refractivity contribution in [1.82, 2.24) is 0 Å². The number of nitrogens with one attached hydrogen (secondary N) is 1. The lowest BCUT2D eigenvalue weighted by Crippen LogP contribution is -2.24. The number of anilines is 2. The highest BCUT2D eigenvalue weighted by Crippen LogP contribution is 2.30. The van der Waals surface area contributed by atoms with Crippen molar-refractivity contribution in [2.45, 2.75) is 33.6 Å². The predicted molar refractivity (Wildman–Crippen MR) is 79.0 cm³/mol. The number of hydrogen-bond acceptors (Lipinski definition) is 4. The van der Waals surface area contributed by atoms with E-state index in [0.717, 1.165) is 31.6 Å². The fourth-order valence-electron chi connectivity index (χ4n) is 2.00. The van der Waals surface area contributed by atoms with Gasteiger partial charge in [0.15, 0.2) is 0 Å². The number of carbonyl (C=O) groups excluding carboxylic acids is 1. The Morgan fingerprint density at radius 1 is 1.26 bits per heavy atom. The third-order valence-electron chi connectivity index (χ3n) is 2.74. The van der Waals surface area contributed by atoms with Gasteiger partial charge in [0.2, 0.25) is 5.91 Å². The Kier molecular flexibility index (Phi) is 5.99. The van der Waals surface area contributed by atoms with Gasteiger partial charge in [-0.3, -0.25) is 4.79 Å². The molecule has 0 radical (unpaired) electrons. The molecule has 0 atom stereocenters. The quantitative estimate of drug-likeness (QED) is 0.763. The van der Waals surface area contributed by atoms with Gasteiger partial charge in [-0.05, 0) is 36.2 Å². The van der Waals surface area contributed by atoms with Crippen molar-refractivity contribution in [3.8, 4) is 0 Å². The van der Waals surface area contributed by atoms with Crippen molar-refractivity contribution < 1.29 is 4.79 Å². The Labute approximate surface area is 114 Å². The van der Waals surface area contributed by atoms with E-state index in [9.17, 15) is 9.70 Å². The molecule has 0 spiro atoms. The van der Waals surface area contributed by atoms with Crippen molar-refractivity contribution in [3.05, 3.63) is 23.1 Å². The van der Waals surface area contributed by atoms with Crippen molar-refractivity contribution in [2.75, 3.05) is 23.3 Å². The summed E-state index contributed by atoms with van der Waals surface area (Å²) in [6.07, 6.45) is 2.09. The summed E-state index contributed by atoms with van der Waals surface area (Å²) >= 11 is 0. The number of carbonyl (C=O) groups is 1. The van der Waals surface area contributed by atoms with Gasteiger partial charge in [0.1, 0.15) is 5.69 Å². The number of rotatable bonds is 7. The maximum absolute atomic E-state index is 11.1. The van der Waals surface area contributed by atoms with Crippen LogP contribution in [0.5, 0.6) is 0 Å². The molecule has 1 rings (SSSR count). The molecule has 0 saturated carbocycles. The zero-order chi connectivity index (χ0) is 14.3. The summed E-state index contributed by atoms with van der Waals surface area (Å²) < 4.78 is 0. The first-order valence-electron chi connectivity index (χ1n) is 6.62. The first kappa shape index (κ1) is 15.1. The van der Waals surface area contributed by atoms with Gasteiger partial charge >= 0.3 is 0 Å². The fourth-order valence-corrected chi connectivity index (χ4v) is 2.00. The van der Waals surface area contributed by atoms with E-state index in [1.165, 1.54) is 6.92 Å². The third-order valence-corrected chi connectivity index (χ3v) is 2.74. The maximum Gasteiger partial charge on any atom is 0.221 e. The molecular formula is C14H21N3O2. The molecule has 5 heteroatoms. The van der Waals surface area contributed by atoms with Crippen molar-refractivity contribution in [3.63, 3.8) is 0 Å². The van der Waals surface area contributed by atoms with Crippen molar-refractivity contribution >= 4 is 23.0 Å².